The molecule has 2 aromatic rings. The van der Waals surface area contributed by atoms with Crippen molar-refractivity contribution in [1.29, 1.82) is 0 Å². The Morgan fingerprint density at radius 2 is 1.96 bits per heavy atom. The number of anilines is 1. The lowest BCUT2D eigenvalue weighted by atomic mass is 10.1. The Hall–Kier alpha value is -1.26. The quantitative estimate of drug-likeness (QED) is 0.334. The number of phenolic OH excluding ortho intramolecular Hbond substituents is 1. The maximum Gasteiger partial charge on any atom is 0.276 e. The van der Waals surface area contributed by atoms with Crippen molar-refractivity contribution >= 4 is 78.0 Å². The van der Waals surface area contributed by atoms with Crippen molar-refractivity contribution in [2.75, 3.05) is 5.32 Å². The topological polar surface area (TPSA) is 74.0 Å². The average Bonchev–Trinajstić information content (AvgIpc) is 2.79. The Bertz CT molecular complexity index is 881. The van der Waals surface area contributed by atoms with Gasteiger partial charge < -0.3 is 10.4 Å². The van der Waals surface area contributed by atoms with Gasteiger partial charge in [-0.1, -0.05) is 31.9 Å². The lowest BCUT2D eigenvalue weighted by Gasteiger charge is -2.02. The van der Waals surface area contributed by atoms with Gasteiger partial charge in [-0.15, -0.1) is 5.10 Å². The van der Waals surface area contributed by atoms with Crippen LogP contribution in [0.1, 0.15) is 11.1 Å². The highest BCUT2D eigenvalue weighted by Crippen LogP contribution is 2.28. The second-order valence-electron chi connectivity index (χ2n) is 4.66. The van der Waals surface area contributed by atoms with Crippen LogP contribution in [0.2, 0.25) is 0 Å². The van der Waals surface area contributed by atoms with E-state index in [-0.39, 0.29) is 17.4 Å². The van der Waals surface area contributed by atoms with E-state index in [1.165, 1.54) is 6.21 Å². The highest BCUT2D eigenvalue weighted by molar-refractivity contribution is 14.1. The molecular weight excluding hydrogens is 541 g/mol. The minimum Gasteiger partial charge on any atom is -0.506 e. The monoisotopic (exact) mass is 547 g/mol. The average molecular weight is 549 g/mol. The highest BCUT2D eigenvalue weighted by atomic mass is 127. The van der Waals surface area contributed by atoms with E-state index in [0.717, 1.165) is 8.95 Å². The minimum absolute atomic E-state index is 0.122. The summed E-state index contributed by atoms with van der Waals surface area (Å²) in [6.45, 7) is 0. The standard InChI is InChI=1S/C15H8Br2IN3O2/c16-8-1-2-12-10(4-8)13(15(23)20-12)21-19-6-7-3-9(17)5-11(18)14(7)22/h1-6,22H,(H,20,21,23). The molecule has 1 aliphatic rings. The lowest BCUT2D eigenvalue weighted by Crippen LogP contribution is -2.13. The lowest BCUT2D eigenvalue weighted by molar-refractivity contribution is -0.110. The third-order valence-electron chi connectivity index (χ3n) is 3.11. The molecule has 2 N–H and O–H groups in total. The van der Waals surface area contributed by atoms with Crippen LogP contribution >= 0.6 is 54.5 Å². The molecule has 0 aliphatic carbocycles. The molecule has 0 radical (unpaired) electrons. The summed E-state index contributed by atoms with van der Waals surface area (Å²) in [6.07, 6.45) is 1.42. The Morgan fingerprint density at radius 3 is 2.74 bits per heavy atom. The number of nitrogens with zero attached hydrogens (tertiary/aromatic N) is 2. The zero-order valence-corrected chi connectivity index (χ0v) is 16.7. The SMILES string of the molecule is O=C1Nc2ccc(Br)cc2/C1=N/N=Cc1cc(Br)cc(I)c1O. The van der Waals surface area contributed by atoms with Crippen molar-refractivity contribution in [3.63, 3.8) is 0 Å². The first kappa shape index (κ1) is 16.6. The number of carbonyl (C=O) groups is 1. The number of nitrogens with one attached hydrogen (secondary N) is 1. The van der Waals surface area contributed by atoms with Crippen molar-refractivity contribution in [3.8, 4) is 5.75 Å². The largest absolute Gasteiger partial charge is 0.506 e. The molecule has 1 aliphatic heterocycles. The van der Waals surface area contributed by atoms with Crippen LogP contribution in [0.3, 0.4) is 0 Å². The van der Waals surface area contributed by atoms with Crippen LogP contribution < -0.4 is 5.32 Å². The number of fused-ring (bicyclic) bond motifs is 1. The Labute approximate surface area is 162 Å². The Morgan fingerprint density at radius 1 is 1.17 bits per heavy atom. The summed E-state index contributed by atoms with van der Waals surface area (Å²) in [5.41, 5.74) is 2.14. The number of phenols is 1. The molecule has 116 valence electrons. The summed E-state index contributed by atoms with van der Waals surface area (Å²) < 4.78 is 2.37. The molecular formula is C15H8Br2IN3O2. The van der Waals surface area contributed by atoms with Gasteiger partial charge in [0.25, 0.3) is 5.91 Å². The van der Waals surface area contributed by atoms with Crippen LogP contribution in [-0.4, -0.2) is 22.9 Å². The number of hydrogen-bond acceptors (Lipinski definition) is 4. The first-order valence-electron chi connectivity index (χ1n) is 6.36. The molecule has 0 atom stereocenters. The van der Waals surface area contributed by atoms with Crippen LogP contribution in [-0.2, 0) is 4.79 Å². The molecule has 1 heterocycles. The first-order chi connectivity index (χ1) is 11.0. The van der Waals surface area contributed by atoms with E-state index in [0.29, 0.717) is 20.4 Å². The van der Waals surface area contributed by atoms with Crippen LogP contribution in [0.5, 0.6) is 5.75 Å². The van der Waals surface area contributed by atoms with E-state index in [2.05, 4.69) is 47.4 Å². The van der Waals surface area contributed by atoms with Gasteiger partial charge in [-0.25, -0.2) is 0 Å². The summed E-state index contributed by atoms with van der Waals surface area (Å²) in [5, 5.41) is 20.7. The zero-order chi connectivity index (χ0) is 16.6. The third kappa shape index (κ3) is 3.48. The van der Waals surface area contributed by atoms with Gasteiger partial charge in [0.15, 0.2) is 5.71 Å². The number of aromatic hydroxyl groups is 1. The fourth-order valence-corrected chi connectivity index (χ4v) is 3.97. The molecule has 3 rings (SSSR count). The smallest absolute Gasteiger partial charge is 0.276 e. The normalized spacial score (nSPS) is 15.3. The molecule has 0 spiro atoms. The van der Waals surface area contributed by atoms with Gasteiger partial charge >= 0.3 is 0 Å². The molecule has 5 nitrogen and oxygen atoms in total. The summed E-state index contributed by atoms with van der Waals surface area (Å²) in [6, 6.07) is 8.96. The summed E-state index contributed by atoms with van der Waals surface area (Å²) in [7, 11) is 0. The molecule has 1 amide bonds. The fraction of sp³-hybridized carbons (Fsp3) is 0. The van der Waals surface area contributed by atoms with E-state index in [9.17, 15) is 9.90 Å². The number of benzene rings is 2. The van der Waals surface area contributed by atoms with Gasteiger partial charge in [-0.3, -0.25) is 4.79 Å². The number of carbonyl (C=O) groups excluding carboxylic acids is 1. The predicted octanol–water partition coefficient (Wildman–Crippen LogP) is 4.30. The van der Waals surface area contributed by atoms with Crippen molar-refractivity contribution in [2.24, 2.45) is 10.2 Å². The minimum atomic E-state index is -0.303. The van der Waals surface area contributed by atoms with Gasteiger partial charge in [0, 0.05) is 20.1 Å². The highest BCUT2D eigenvalue weighted by Gasteiger charge is 2.26. The van der Waals surface area contributed by atoms with E-state index < -0.39 is 0 Å². The zero-order valence-electron chi connectivity index (χ0n) is 11.3. The molecule has 8 heteroatoms. The maximum atomic E-state index is 12.0. The molecule has 0 saturated heterocycles. The third-order valence-corrected chi connectivity index (χ3v) is 4.89. The fourth-order valence-electron chi connectivity index (χ4n) is 2.06. The van der Waals surface area contributed by atoms with Crippen LogP contribution in [0.4, 0.5) is 5.69 Å². The van der Waals surface area contributed by atoms with Crippen LogP contribution in [0, 0.1) is 3.57 Å². The number of rotatable bonds is 2. The van der Waals surface area contributed by atoms with E-state index in [4.69, 9.17) is 0 Å². The first-order valence-corrected chi connectivity index (χ1v) is 9.02. The molecule has 2 aromatic carbocycles. The number of hydrogen-bond donors (Lipinski definition) is 2. The summed E-state index contributed by atoms with van der Waals surface area (Å²) in [4.78, 5) is 12.0. The van der Waals surface area contributed by atoms with E-state index >= 15 is 0 Å². The summed E-state index contributed by atoms with van der Waals surface area (Å²) >= 11 is 8.76. The van der Waals surface area contributed by atoms with Crippen molar-refractivity contribution in [1.82, 2.24) is 0 Å². The van der Waals surface area contributed by atoms with Crippen molar-refractivity contribution in [3.05, 3.63) is 54.0 Å². The van der Waals surface area contributed by atoms with E-state index in [1.807, 2.05) is 28.7 Å². The number of amides is 1. The molecule has 23 heavy (non-hydrogen) atoms. The molecule has 0 fully saturated rings. The van der Waals surface area contributed by atoms with Crippen LogP contribution in [0.15, 0.2) is 49.5 Å². The molecule has 0 unspecified atom stereocenters. The second kappa shape index (κ2) is 6.70. The molecule has 0 aromatic heterocycles. The predicted molar refractivity (Wildman–Crippen MR) is 105 cm³/mol. The second-order valence-corrected chi connectivity index (χ2v) is 7.66. The Balaban J connectivity index is 1.95. The Kier molecular flexibility index (Phi) is 4.83. The van der Waals surface area contributed by atoms with Gasteiger partial charge in [0.05, 0.1) is 15.5 Å². The van der Waals surface area contributed by atoms with Gasteiger partial charge in [0.2, 0.25) is 0 Å². The summed E-state index contributed by atoms with van der Waals surface area (Å²) in [5.74, 6) is -0.180. The van der Waals surface area contributed by atoms with Gasteiger partial charge in [-0.05, 0) is 52.9 Å². The van der Waals surface area contributed by atoms with Gasteiger partial charge in [0.1, 0.15) is 5.75 Å². The molecule has 0 saturated carbocycles. The van der Waals surface area contributed by atoms with Crippen LogP contribution in [0.25, 0.3) is 0 Å². The van der Waals surface area contributed by atoms with Crippen molar-refractivity contribution in [2.45, 2.75) is 0 Å². The van der Waals surface area contributed by atoms with Gasteiger partial charge in [-0.2, -0.15) is 5.10 Å². The molecule has 0 bridgehead atoms. The maximum absolute atomic E-state index is 12.0. The van der Waals surface area contributed by atoms with Crippen molar-refractivity contribution < 1.29 is 9.90 Å². The van der Waals surface area contributed by atoms with E-state index in [1.54, 1.807) is 24.3 Å². The number of halogens is 3.